The summed E-state index contributed by atoms with van der Waals surface area (Å²) in [7, 11) is 1.57. The van der Waals surface area contributed by atoms with Crippen molar-refractivity contribution in [1.82, 2.24) is 15.5 Å². The number of nitrogens with zero attached hydrogens (tertiary/aromatic N) is 1. The zero-order chi connectivity index (χ0) is 23.3. The van der Waals surface area contributed by atoms with Crippen LogP contribution in [-0.2, 0) is 9.59 Å². The highest BCUT2D eigenvalue weighted by Gasteiger charge is 2.37. The van der Waals surface area contributed by atoms with Gasteiger partial charge in [-0.3, -0.25) is 19.5 Å². The summed E-state index contributed by atoms with van der Waals surface area (Å²) in [6.07, 6.45) is 5.31. The van der Waals surface area contributed by atoms with Gasteiger partial charge in [-0.25, -0.2) is 9.38 Å². The third kappa shape index (κ3) is 4.90. The monoisotopic (exact) mass is 441 g/mol. The Morgan fingerprint density at radius 1 is 1.19 bits per heavy atom. The number of hydrogen-bond donors (Lipinski definition) is 5. The number of rotatable bonds is 7. The number of carbonyl (C=O) groups excluding carboxylic acids is 3. The minimum Gasteiger partial charge on any atom is -0.392 e. The van der Waals surface area contributed by atoms with Gasteiger partial charge in [0, 0.05) is 23.6 Å². The molecule has 9 nitrogen and oxygen atoms in total. The van der Waals surface area contributed by atoms with Gasteiger partial charge in [0.05, 0.1) is 11.3 Å². The molecule has 1 fully saturated rings. The number of benzene rings is 1. The normalized spacial score (nSPS) is 19.4. The van der Waals surface area contributed by atoms with Crippen molar-refractivity contribution < 1.29 is 23.8 Å². The molecule has 10 heteroatoms. The molecule has 0 radical (unpaired) electrons. The van der Waals surface area contributed by atoms with Gasteiger partial charge in [-0.2, -0.15) is 5.10 Å². The third-order valence-corrected chi connectivity index (χ3v) is 5.59. The largest absolute Gasteiger partial charge is 0.392 e. The SMILES string of the molecule is C[NH+]=CC(NC(=O)C1CCCCC1C(=O)c1ccc(-c2ccn[nH]2)cc1F)=C(N)C(N)=O. The van der Waals surface area contributed by atoms with Crippen LogP contribution in [0.5, 0.6) is 0 Å². The summed E-state index contributed by atoms with van der Waals surface area (Å²) in [5.74, 6) is -3.82. The summed E-state index contributed by atoms with van der Waals surface area (Å²) in [5, 5.41) is 9.18. The van der Waals surface area contributed by atoms with Gasteiger partial charge in [0.15, 0.2) is 12.0 Å². The van der Waals surface area contributed by atoms with E-state index in [1.54, 1.807) is 25.4 Å². The van der Waals surface area contributed by atoms with Gasteiger partial charge in [0.2, 0.25) is 5.91 Å². The highest BCUT2D eigenvalue weighted by Crippen LogP contribution is 2.34. The predicted molar refractivity (Wildman–Crippen MR) is 115 cm³/mol. The summed E-state index contributed by atoms with van der Waals surface area (Å²) >= 11 is 0. The van der Waals surface area contributed by atoms with E-state index in [2.05, 4.69) is 20.5 Å². The van der Waals surface area contributed by atoms with Crippen LogP contribution in [0.4, 0.5) is 4.39 Å². The Hall–Kier alpha value is -3.82. The van der Waals surface area contributed by atoms with Crippen LogP contribution in [0.1, 0.15) is 36.0 Å². The first-order valence-corrected chi connectivity index (χ1v) is 10.3. The summed E-state index contributed by atoms with van der Waals surface area (Å²) in [6.45, 7) is 0. The Morgan fingerprint density at radius 3 is 2.50 bits per heavy atom. The number of primary amides is 1. The maximum Gasteiger partial charge on any atom is 0.266 e. The van der Waals surface area contributed by atoms with Gasteiger partial charge in [-0.05, 0) is 31.0 Å². The summed E-state index contributed by atoms with van der Waals surface area (Å²) in [5.41, 5.74) is 11.7. The predicted octanol–water partition coefficient (Wildman–Crippen LogP) is -0.242. The molecule has 0 bridgehead atoms. The Kier molecular flexibility index (Phi) is 7.14. The minimum atomic E-state index is -0.887. The molecule has 32 heavy (non-hydrogen) atoms. The maximum atomic E-state index is 14.8. The standard InChI is InChI=1S/C22H25FN6O3/c1-26-11-18(19(24)21(25)31)28-22(32)14-5-3-2-4-13(14)20(30)15-7-6-12(10-16(15)23)17-8-9-27-29-17/h6-11,13-14H,2-5,24H2,1H3,(H2,25,31)(H,27,29)(H,28,32)/p+1. The molecule has 2 aromatic rings. The van der Waals surface area contributed by atoms with Crippen molar-refractivity contribution in [3.8, 4) is 11.3 Å². The zero-order valence-corrected chi connectivity index (χ0v) is 17.7. The molecule has 2 amide bonds. The number of nitrogens with two attached hydrogens (primary N) is 2. The number of Topliss-reactive ketones (excluding diaryl/α,β-unsaturated/α-hetero) is 1. The van der Waals surface area contributed by atoms with Crippen molar-refractivity contribution in [2.24, 2.45) is 23.3 Å². The Balaban J connectivity index is 1.84. The van der Waals surface area contributed by atoms with E-state index in [-0.39, 0.29) is 17.0 Å². The molecular weight excluding hydrogens is 415 g/mol. The topological polar surface area (TPSA) is 158 Å². The first-order valence-electron chi connectivity index (χ1n) is 10.3. The van der Waals surface area contributed by atoms with Crippen molar-refractivity contribution in [3.63, 3.8) is 0 Å². The molecule has 1 aromatic heterocycles. The van der Waals surface area contributed by atoms with Crippen molar-refractivity contribution >= 4 is 23.8 Å². The first-order chi connectivity index (χ1) is 15.3. The molecule has 0 spiro atoms. The van der Waals surface area contributed by atoms with Crippen LogP contribution >= 0.6 is 0 Å². The number of nitrogens with one attached hydrogen (secondary N) is 3. The molecule has 2 atom stereocenters. The lowest BCUT2D eigenvalue weighted by atomic mass is 9.74. The summed E-state index contributed by atoms with van der Waals surface area (Å²) in [4.78, 5) is 40.3. The molecule has 1 heterocycles. The molecule has 0 aliphatic heterocycles. The van der Waals surface area contributed by atoms with E-state index in [0.29, 0.717) is 24.1 Å². The lowest BCUT2D eigenvalue weighted by Crippen LogP contribution is -2.64. The molecule has 1 aromatic carbocycles. The van der Waals surface area contributed by atoms with E-state index >= 15 is 0 Å². The maximum absolute atomic E-state index is 14.8. The molecule has 3 rings (SSSR count). The second kappa shape index (κ2) is 9.99. The van der Waals surface area contributed by atoms with Crippen LogP contribution in [0.15, 0.2) is 41.9 Å². The summed E-state index contributed by atoms with van der Waals surface area (Å²) in [6, 6.07) is 6.04. The van der Waals surface area contributed by atoms with Gasteiger partial charge in [-0.15, -0.1) is 0 Å². The van der Waals surface area contributed by atoms with E-state index in [4.69, 9.17) is 11.5 Å². The number of carbonyl (C=O) groups is 3. The fraction of sp³-hybridized carbons (Fsp3) is 0.318. The molecule has 0 saturated heterocycles. The Morgan fingerprint density at radius 2 is 1.91 bits per heavy atom. The average Bonchev–Trinajstić information content (AvgIpc) is 3.32. The van der Waals surface area contributed by atoms with Crippen LogP contribution in [0.3, 0.4) is 0 Å². The van der Waals surface area contributed by atoms with Gasteiger partial charge < -0.3 is 16.8 Å². The Labute approximate surface area is 184 Å². The van der Waals surface area contributed by atoms with Gasteiger partial charge in [0.1, 0.15) is 24.3 Å². The highest BCUT2D eigenvalue weighted by molar-refractivity contribution is 6.03. The van der Waals surface area contributed by atoms with E-state index in [1.807, 2.05) is 0 Å². The van der Waals surface area contributed by atoms with E-state index < -0.39 is 35.3 Å². The number of aromatic amines is 1. The Bertz CT molecular complexity index is 1080. The molecule has 1 aliphatic carbocycles. The number of ketones is 1. The van der Waals surface area contributed by atoms with Crippen LogP contribution in [-0.4, -0.2) is 41.1 Å². The van der Waals surface area contributed by atoms with Crippen LogP contribution in [0, 0.1) is 17.7 Å². The smallest absolute Gasteiger partial charge is 0.266 e. The van der Waals surface area contributed by atoms with Crippen molar-refractivity contribution in [2.75, 3.05) is 7.05 Å². The van der Waals surface area contributed by atoms with E-state index in [0.717, 1.165) is 12.8 Å². The van der Waals surface area contributed by atoms with E-state index in [9.17, 15) is 18.8 Å². The van der Waals surface area contributed by atoms with E-state index in [1.165, 1.54) is 18.3 Å². The van der Waals surface area contributed by atoms with Gasteiger partial charge in [-0.1, -0.05) is 18.9 Å². The fourth-order valence-electron chi connectivity index (χ4n) is 3.94. The number of amides is 2. The lowest BCUT2D eigenvalue weighted by Gasteiger charge is -2.29. The van der Waals surface area contributed by atoms with Crippen molar-refractivity contribution in [1.29, 1.82) is 0 Å². The number of allylic oxidation sites excluding steroid dienone is 1. The van der Waals surface area contributed by atoms with Crippen molar-refractivity contribution in [2.45, 2.75) is 25.7 Å². The number of halogens is 1. The van der Waals surface area contributed by atoms with Crippen molar-refractivity contribution in [3.05, 3.63) is 53.2 Å². The summed E-state index contributed by atoms with van der Waals surface area (Å²) < 4.78 is 14.8. The lowest BCUT2D eigenvalue weighted by molar-refractivity contribution is -0.413. The highest BCUT2D eigenvalue weighted by atomic mass is 19.1. The molecule has 1 saturated carbocycles. The quantitative estimate of drug-likeness (QED) is 0.228. The number of aromatic nitrogens is 2. The fourth-order valence-corrected chi connectivity index (χ4v) is 3.94. The second-order valence-corrected chi connectivity index (χ2v) is 7.64. The molecule has 1 aliphatic rings. The third-order valence-electron chi connectivity index (χ3n) is 5.59. The molecule has 7 N–H and O–H groups in total. The number of H-pyrrole nitrogens is 1. The minimum absolute atomic E-state index is 0.0249. The second-order valence-electron chi connectivity index (χ2n) is 7.64. The molecule has 2 unspecified atom stereocenters. The number of hydrogen-bond acceptors (Lipinski definition) is 5. The molecular formula is C22H26FN6O3+. The van der Waals surface area contributed by atoms with Crippen LogP contribution < -0.4 is 21.8 Å². The first kappa shape index (κ1) is 22.9. The van der Waals surface area contributed by atoms with Crippen LogP contribution in [0.25, 0.3) is 11.3 Å². The van der Waals surface area contributed by atoms with Gasteiger partial charge >= 0.3 is 0 Å². The van der Waals surface area contributed by atoms with Gasteiger partial charge in [0.25, 0.3) is 5.91 Å². The zero-order valence-electron chi connectivity index (χ0n) is 17.7. The average molecular weight is 441 g/mol. The van der Waals surface area contributed by atoms with Crippen LogP contribution in [0.2, 0.25) is 0 Å². The molecule has 168 valence electrons.